The lowest BCUT2D eigenvalue weighted by atomic mass is 9.89. The quantitative estimate of drug-likeness (QED) is 0.885. The highest BCUT2D eigenvalue weighted by Gasteiger charge is 2.33. The molecule has 0 aromatic heterocycles. The van der Waals surface area contributed by atoms with Gasteiger partial charge in [0.15, 0.2) is 0 Å². The molecule has 6 heteroatoms. The number of benzene rings is 1. The molecule has 0 unspecified atom stereocenters. The first-order valence-electron chi connectivity index (χ1n) is 8.94. The Labute approximate surface area is 156 Å². The van der Waals surface area contributed by atoms with Crippen LogP contribution in [0.2, 0.25) is 0 Å². The molecule has 2 aliphatic rings. The summed E-state index contributed by atoms with van der Waals surface area (Å²) in [6.45, 7) is 5.13. The number of hydrogen-bond acceptors (Lipinski definition) is 4. The maximum Gasteiger partial charge on any atom is 0.242 e. The molecule has 1 aromatic rings. The zero-order valence-corrected chi connectivity index (χ0v) is 15.9. The van der Waals surface area contributed by atoms with E-state index in [0.717, 1.165) is 44.6 Å². The molecule has 1 aromatic carbocycles. The number of nitrogens with zero attached hydrogens (tertiary/aromatic N) is 1. The van der Waals surface area contributed by atoms with Crippen molar-refractivity contribution in [3.05, 3.63) is 29.8 Å². The van der Waals surface area contributed by atoms with Crippen LogP contribution in [0.15, 0.2) is 24.3 Å². The molecule has 0 radical (unpaired) electrons. The summed E-state index contributed by atoms with van der Waals surface area (Å²) in [5, 5.41) is 3.30. The number of halogens is 1. The van der Waals surface area contributed by atoms with Crippen LogP contribution in [0.25, 0.3) is 0 Å². The van der Waals surface area contributed by atoms with E-state index in [9.17, 15) is 4.79 Å². The number of amides is 1. The molecule has 3 rings (SSSR count). The number of likely N-dealkylation sites (tertiary alicyclic amines) is 1. The summed E-state index contributed by atoms with van der Waals surface area (Å²) in [4.78, 5) is 14.7. The summed E-state index contributed by atoms with van der Waals surface area (Å²) in [5.41, 5.74) is 1.34. The van der Waals surface area contributed by atoms with E-state index in [1.807, 2.05) is 24.0 Å². The highest BCUT2D eigenvalue weighted by molar-refractivity contribution is 5.85. The largest absolute Gasteiger partial charge is 0.497 e. The van der Waals surface area contributed by atoms with Gasteiger partial charge in [0.1, 0.15) is 11.8 Å². The Morgan fingerprint density at radius 2 is 1.96 bits per heavy atom. The summed E-state index contributed by atoms with van der Waals surface area (Å²) in [5.74, 6) is 1.75. The zero-order valence-electron chi connectivity index (χ0n) is 15.1. The Morgan fingerprint density at radius 3 is 2.56 bits per heavy atom. The van der Waals surface area contributed by atoms with Crippen molar-refractivity contribution in [2.45, 2.75) is 38.3 Å². The van der Waals surface area contributed by atoms with Gasteiger partial charge in [-0.1, -0.05) is 12.1 Å². The Hall–Kier alpha value is -1.30. The SMILES string of the molecule is COc1ccc(CC2CCN(C(=O)[C@H]3NCCO[C@@H]3C)CC2)cc1.Cl. The molecule has 1 N–H and O–H groups in total. The predicted molar refractivity (Wildman–Crippen MR) is 100 cm³/mol. The second-order valence-electron chi connectivity index (χ2n) is 6.83. The summed E-state index contributed by atoms with van der Waals surface area (Å²) in [7, 11) is 1.69. The van der Waals surface area contributed by atoms with Gasteiger partial charge in [-0.3, -0.25) is 4.79 Å². The summed E-state index contributed by atoms with van der Waals surface area (Å²) in [6, 6.07) is 8.13. The van der Waals surface area contributed by atoms with Crippen molar-refractivity contribution in [2.24, 2.45) is 5.92 Å². The molecule has 2 atom stereocenters. The molecule has 0 saturated carbocycles. The fraction of sp³-hybridized carbons (Fsp3) is 0.632. The zero-order chi connectivity index (χ0) is 16.9. The number of carbonyl (C=O) groups is 1. The molecule has 5 nitrogen and oxygen atoms in total. The van der Waals surface area contributed by atoms with Crippen LogP contribution in [0.4, 0.5) is 0 Å². The van der Waals surface area contributed by atoms with Gasteiger partial charge >= 0.3 is 0 Å². The van der Waals surface area contributed by atoms with Gasteiger partial charge in [0.2, 0.25) is 5.91 Å². The number of hydrogen-bond donors (Lipinski definition) is 1. The van der Waals surface area contributed by atoms with E-state index < -0.39 is 0 Å². The fourth-order valence-corrected chi connectivity index (χ4v) is 3.66. The molecule has 2 heterocycles. The lowest BCUT2D eigenvalue weighted by Crippen LogP contribution is -2.57. The second kappa shape index (κ2) is 9.41. The third-order valence-electron chi connectivity index (χ3n) is 5.19. The van der Waals surface area contributed by atoms with E-state index in [2.05, 4.69) is 17.4 Å². The van der Waals surface area contributed by atoms with Gasteiger partial charge in [0, 0.05) is 19.6 Å². The van der Waals surface area contributed by atoms with Crippen molar-refractivity contribution in [3.8, 4) is 5.75 Å². The van der Waals surface area contributed by atoms with Crippen LogP contribution >= 0.6 is 12.4 Å². The fourth-order valence-electron chi connectivity index (χ4n) is 3.66. The third kappa shape index (κ3) is 5.09. The monoisotopic (exact) mass is 368 g/mol. The molecule has 0 spiro atoms. The first kappa shape index (κ1) is 20.0. The number of morpholine rings is 1. The Morgan fingerprint density at radius 1 is 1.28 bits per heavy atom. The molecule has 0 bridgehead atoms. The predicted octanol–water partition coefficient (Wildman–Crippen LogP) is 2.27. The van der Waals surface area contributed by atoms with Crippen LogP contribution in [0.5, 0.6) is 5.75 Å². The smallest absolute Gasteiger partial charge is 0.242 e. The van der Waals surface area contributed by atoms with E-state index in [4.69, 9.17) is 9.47 Å². The molecular weight excluding hydrogens is 340 g/mol. The van der Waals surface area contributed by atoms with Crippen molar-refractivity contribution < 1.29 is 14.3 Å². The first-order valence-corrected chi connectivity index (χ1v) is 8.94. The number of piperidine rings is 1. The van der Waals surface area contributed by atoms with E-state index >= 15 is 0 Å². The van der Waals surface area contributed by atoms with Gasteiger partial charge < -0.3 is 19.7 Å². The van der Waals surface area contributed by atoms with Crippen LogP contribution in [0.1, 0.15) is 25.3 Å². The highest BCUT2D eigenvalue weighted by Crippen LogP contribution is 2.24. The molecule has 25 heavy (non-hydrogen) atoms. The van der Waals surface area contributed by atoms with Gasteiger partial charge in [-0.2, -0.15) is 0 Å². The topological polar surface area (TPSA) is 50.8 Å². The average Bonchev–Trinajstić information content (AvgIpc) is 2.63. The summed E-state index contributed by atoms with van der Waals surface area (Å²) >= 11 is 0. The summed E-state index contributed by atoms with van der Waals surface area (Å²) in [6.07, 6.45) is 3.18. The van der Waals surface area contributed by atoms with Crippen LogP contribution in [0, 0.1) is 5.92 Å². The molecule has 2 fully saturated rings. The lowest BCUT2D eigenvalue weighted by molar-refractivity contribution is -0.140. The molecule has 140 valence electrons. The van der Waals surface area contributed by atoms with Gasteiger partial charge in [-0.05, 0) is 49.8 Å². The molecular formula is C19H29ClN2O3. The maximum absolute atomic E-state index is 12.7. The van der Waals surface area contributed by atoms with Gasteiger partial charge in [0.05, 0.1) is 19.8 Å². The molecule has 1 amide bonds. The number of carbonyl (C=O) groups excluding carboxylic acids is 1. The number of methoxy groups -OCH3 is 1. The lowest BCUT2D eigenvalue weighted by Gasteiger charge is -2.37. The van der Waals surface area contributed by atoms with Crippen LogP contribution in [-0.4, -0.2) is 56.3 Å². The molecule has 2 aliphatic heterocycles. The van der Waals surface area contributed by atoms with Crippen LogP contribution < -0.4 is 10.1 Å². The van der Waals surface area contributed by atoms with Gasteiger partial charge in [-0.15, -0.1) is 12.4 Å². The number of ether oxygens (including phenoxy) is 2. The Bertz CT molecular complexity index is 544. The number of rotatable bonds is 4. The van der Waals surface area contributed by atoms with E-state index in [1.54, 1.807) is 7.11 Å². The van der Waals surface area contributed by atoms with Gasteiger partial charge in [-0.25, -0.2) is 0 Å². The van der Waals surface area contributed by atoms with Crippen LogP contribution in [0.3, 0.4) is 0 Å². The molecule has 2 saturated heterocycles. The standard InChI is InChI=1S/C19H28N2O3.ClH/c1-14-18(20-9-12-24-14)19(22)21-10-7-16(8-11-21)13-15-3-5-17(23-2)6-4-15;/h3-6,14,16,18,20H,7-13H2,1-2H3;1H/t14-,18+;/m1./s1. The van der Waals surface area contributed by atoms with Crippen molar-refractivity contribution in [2.75, 3.05) is 33.4 Å². The normalized spacial score (nSPS) is 24.5. The van der Waals surface area contributed by atoms with E-state index in [-0.39, 0.29) is 30.5 Å². The minimum Gasteiger partial charge on any atom is -0.497 e. The third-order valence-corrected chi connectivity index (χ3v) is 5.19. The van der Waals surface area contributed by atoms with E-state index in [1.165, 1.54) is 5.56 Å². The molecule has 0 aliphatic carbocycles. The highest BCUT2D eigenvalue weighted by atomic mass is 35.5. The van der Waals surface area contributed by atoms with Crippen molar-refractivity contribution in [3.63, 3.8) is 0 Å². The van der Waals surface area contributed by atoms with Crippen molar-refractivity contribution in [1.29, 1.82) is 0 Å². The average molecular weight is 369 g/mol. The van der Waals surface area contributed by atoms with E-state index in [0.29, 0.717) is 12.5 Å². The Kier molecular flexibility index (Phi) is 7.54. The van der Waals surface area contributed by atoms with Crippen LogP contribution in [-0.2, 0) is 16.0 Å². The minimum atomic E-state index is -0.183. The first-order chi connectivity index (χ1) is 11.7. The summed E-state index contributed by atoms with van der Waals surface area (Å²) < 4.78 is 10.8. The Balaban J connectivity index is 0.00000225. The van der Waals surface area contributed by atoms with Gasteiger partial charge in [0.25, 0.3) is 0 Å². The van der Waals surface area contributed by atoms with Crippen molar-refractivity contribution >= 4 is 18.3 Å². The van der Waals surface area contributed by atoms with Crippen molar-refractivity contribution in [1.82, 2.24) is 10.2 Å². The second-order valence-corrected chi connectivity index (χ2v) is 6.83. The maximum atomic E-state index is 12.7. The number of nitrogens with one attached hydrogen (secondary N) is 1. The minimum absolute atomic E-state index is 0.